The van der Waals surface area contributed by atoms with Crippen molar-refractivity contribution in [3.63, 3.8) is 0 Å². The number of carboxylic acids is 1. The number of nitrogens with zero attached hydrogens (tertiary/aromatic N) is 1. The highest BCUT2D eigenvalue weighted by Crippen LogP contribution is 2.20. The molecule has 26 heavy (non-hydrogen) atoms. The maximum atomic E-state index is 13.0. The summed E-state index contributed by atoms with van der Waals surface area (Å²) in [5.74, 6) is -2.36. The third kappa shape index (κ3) is 5.28. The van der Waals surface area contributed by atoms with E-state index in [0.717, 1.165) is 0 Å². The van der Waals surface area contributed by atoms with Crippen molar-refractivity contribution < 1.29 is 23.9 Å². The number of piperidine rings is 1. The third-order valence-corrected chi connectivity index (χ3v) is 4.49. The van der Waals surface area contributed by atoms with Gasteiger partial charge in [-0.1, -0.05) is 13.8 Å². The Morgan fingerprint density at radius 1 is 1.27 bits per heavy atom. The predicted molar refractivity (Wildman–Crippen MR) is 94.0 cm³/mol. The Bertz CT molecular complexity index is 660. The molecular formula is C19H25FN2O4. The number of halogens is 1. The molecule has 1 aromatic carbocycles. The van der Waals surface area contributed by atoms with Crippen molar-refractivity contribution in [3.05, 3.63) is 35.6 Å². The van der Waals surface area contributed by atoms with Crippen LogP contribution in [0.2, 0.25) is 0 Å². The van der Waals surface area contributed by atoms with Crippen LogP contribution in [0, 0.1) is 17.7 Å². The highest BCUT2D eigenvalue weighted by Gasteiger charge is 2.31. The summed E-state index contributed by atoms with van der Waals surface area (Å²) in [7, 11) is 0. The number of hydrogen-bond acceptors (Lipinski definition) is 3. The Kier molecular flexibility index (Phi) is 6.71. The average molecular weight is 364 g/mol. The molecule has 1 heterocycles. The molecule has 1 aliphatic heterocycles. The first-order valence-corrected chi connectivity index (χ1v) is 8.86. The fourth-order valence-corrected chi connectivity index (χ4v) is 3.13. The SMILES string of the molecule is CC(C)C[C@@H](NC(=O)C1CCCN(C(=O)c2ccc(F)cc2)C1)C(=O)O. The molecule has 0 aliphatic carbocycles. The molecule has 142 valence electrons. The molecule has 0 radical (unpaired) electrons. The monoisotopic (exact) mass is 364 g/mol. The van der Waals surface area contributed by atoms with E-state index in [2.05, 4.69) is 5.32 Å². The van der Waals surface area contributed by atoms with Crippen molar-refractivity contribution in [2.75, 3.05) is 13.1 Å². The van der Waals surface area contributed by atoms with Crippen molar-refractivity contribution in [1.29, 1.82) is 0 Å². The lowest BCUT2D eigenvalue weighted by Crippen LogP contribution is -2.49. The number of carbonyl (C=O) groups excluding carboxylic acids is 2. The number of aliphatic carboxylic acids is 1. The van der Waals surface area contributed by atoms with Crippen molar-refractivity contribution in [1.82, 2.24) is 10.2 Å². The molecule has 1 aromatic rings. The Balaban J connectivity index is 2.00. The molecule has 2 N–H and O–H groups in total. The zero-order chi connectivity index (χ0) is 19.3. The molecule has 0 spiro atoms. The van der Waals surface area contributed by atoms with E-state index in [4.69, 9.17) is 0 Å². The normalized spacial score (nSPS) is 18.5. The van der Waals surface area contributed by atoms with Gasteiger partial charge < -0.3 is 15.3 Å². The maximum absolute atomic E-state index is 13.0. The predicted octanol–water partition coefficient (Wildman–Crippen LogP) is 2.29. The summed E-state index contributed by atoms with van der Waals surface area (Å²) >= 11 is 0. The molecule has 0 saturated carbocycles. The molecule has 1 unspecified atom stereocenters. The summed E-state index contributed by atoms with van der Waals surface area (Å²) in [4.78, 5) is 37.9. The van der Waals surface area contributed by atoms with Crippen LogP contribution in [-0.4, -0.2) is 46.9 Å². The molecule has 2 rings (SSSR count). The minimum Gasteiger partial charge on any atom is -0.480 e. The van der Waals surface area contributed by atoms with Gasteiger partial charge in [-0.2, -0.15) is 0 Å². The van der Waals surface area contributed by atoms with E-state index in [9.17, 15) is 23.9 Å². The molecule has 6 nitrogen and oxygen atoms in total. The summed E-state index contributed by atoms with van der Waals surface area (Å²) in [5.41, 5.74) is 0.371. The summed E-state index contributed by atoms with van der Waals surface area (Å²) in [6.45, 7) is 4.54. The van der Waals surface area contributed by atoms with E-state index in [-0.39, 0.29) is 24.3 Å². The quantitative estimate of drug-likeness (QED) is 0.811. The summed E-state index contributed by atoms with van der Waals surface area (Å²) in [6, 6.07) is 4.37. The standard InChI is InChI=1S/C19H25FN2O4/c1-12(2)10-16(19(25)26)21-17(23)14-4-3-9-22(11-14)18(24)13-5-7-15(20)8-6-13/h5-8,12,14,16H,3-4,9-11H2,1-2H3,(H,21,23)(H,25,26)/t14?,16-/m1/s1. The van der Waals surface area contributed by atoms with Gasteiger partial charge in [-0.25, -0.2) is 9.18 Å². The topological polar surface area (TPSA) is 86.7 Å². The second-order valence-electron chi connectivity index (χ2n) is 7.13. The number of rotatable bonds is 6. The molecule has 1 aliphatic rings. The van der Waals surface area contributed by atoms with E-state index < -0.39 is 23.7 Å². The Labute approximate surface area is 152 Å². The highest BCUT2D eigenvalue weighted by atomic mass is 19.1. The number of nitrogens with one attached hydrogen (secondary N) is 1. The molecule has 0 aromatic heterocycles. The van der Waals surface area contributed by atoms with E-state index >= 15 is 0 Å². The number of hydrogen-bond donors (Lipinski definition) is 2. The smallest absolute Gasteiger partial charge is 0.326 e. The Morgan fingerprint density at radius 2 is 1.92 bits per heavy atom. The van der Waals surface area contributed by atoms with Gasteiger partial charge in [0, 0.05) is 18.7 Å². The van der Waals surface area contributed by atoms with Crippen LogP contribution in [0.25, 0.3) is 0 Å². The van der Waals surface area contributed by atoms with Gasteiger partial charge in [-0.15, -0.1) is 0 Å². The Morgan fingerprint density at radius 3 is 2.50 bits per heavy atom. The largest absolute Gasteiger partial charge is 0.480 e. The Hall–Kier alpha value is -2.44. The van der Waals surface area contributed by atoms with Gasteiger partial charge in [-0.3, -0.25) is 9.59 Å². The second kappa shape index (κ2) is 8.78. The van der Waals surface area contributed by atoms with Crippen LogP contribution in [0.4, 0.5) is 4.39 Å². The van der Waals surface area contributed by atoms with Crippen molar-refractivity contribution >= 4 is 17.8 Å². The van der Waals surface area contributed by atoms with Gasteiger partial charge in [0.1, 0.15) is 11.9 Å². The average Bonchev–Trinajstić information content (AvgIpc) is 2.60. The van der Waals surface area contributed by atoms with E-state index in [1.165, 1.54) is 24.3 Å². The first-order chi connectivity index (χ1) is 12.3. The van der Waals surface area contributed by atoms with Crippen LogP contribution in [0.1, 0.15) is 43.5 Å². The van der Waals surface area contributed by atoms with Gasteiger partial charge in [0.2, 0.25) is 5.91 Å². The van der Waals surface area contributed by atoms with E-state index in [1.54, 1.807) is 4.90 Å². The fraction of sp³-hybridized carbons (Fsp3) is 0.526. The summed E-state index contributed by atoms with van der Waals surface area (Å²) in [6.07, 6.45) is 1.62. The minimum absolute atomic E-state index is 0.138. The molecule has 7 heteroatoms. The van der Waals surface area contributed by atoms with Crippen molar-refractivity contribution in [2.45, 2.75) is 39.2 Å². The maximum Gasteiger partial charge on any atom is 0.326 e. The zero-order valence-electron chi connectivity index (χ0n) is 15.1. The number of amides is 2. The minimum atomic E-state index is -1.05. The van der Waals surface area contributed by atoms with Gasteiger partial charge in [0.05, 0.1) is 5.92 Å². The van der Waals surface area contributed by atoms with E-state index in [1.807, 2.05) is 13.8 Å². The van der Waals surface area contributed by atoms with Crippen LogP contribution in [0.15, 0.2) is 24.3 Å². The van der Waals surface area contributed by atoms with Crippen LogP contribution in [-0.2, 0) is 9.59 Å². The number of likely N-dealkylation sites (tertiary alicyclic amines) is 1. The van der Waals surface area contributed by atoms with Crippen molar-refractivity contribution in [3.8, 4) is 0 Å². The van der Waals surface area contributed by atoms with Gasteiger partial charge in [0.15, 0.2) is 0 Å². The first kappa shape index (κ1) is 19.9. The van der Waals surface area contributed by atoms with Gasteiger partial charge in [-0.05, 0) is 49.4 Å². The van der Waals surface area contributed by atoms with Gasteiger partial charge in [0.25, 0.3) is 5.91 Å². The summed E-state index contributed by atoms with van der Waals surface area (Å²) in [5, 5.41) is 11.9. The van der Waals surface area contributed by atoms with Crippen molar-refractivity contribution in [2.24, 2.45) is 11.8 Å². The lowest BCUT2D eigenvalue weighted by Gasteiger charge is -2.32. The third-order valence-electron chi connectivity index (χ3n) is 4.49. The first-order valence-electron chi connectivity index (χ1n) is 8.86. The molecule has 1 fully saturated rings. The zero-order valence-corrected chi connectivity index (χ0v) is 15.1. The molecule has 0 bridgehead atoms. The molecule has 1 saturated heterocycles. The number of carbonyl (C=O) groups is 3. The highest BCUT2D eigenvalue weighted by molar-refractivity contribution is 5.94. The van der Waals surface area contributed by atoms with Gasteiger partial charge >= 0.3 is 5.97 Å². The molecule has 2 atom stereocenters. The molecule has 2 amide bonds. The van der Waals surface area contributed by atoms with E-state index in [0.29, 0.717) is 31.4 Å². The lowest BCUT2D eigenvalue weighted by molar-refractivity contribution is -0.143. The van der Waals surface area contributed by atoms with Crippen LogP contribution in [0.5, 0.6) is 0 Å². The molecular weight excluding hydrogens is 339 g/mol. The number of benzene rings is 1. The second-order valence-corrected chi connectivity index (χ2v) is 7.13. The summed E-state index contributed by atoms with van der Waals surface area (Å²) < 4.78 is 13.0. The van der Waals surface area contributed by atoms with Crippen LogP contribution < -0.4 is 5.32 Å². The fourth-order valence-electron chi connectivity index (χ4n) is 3.13. The van der Waals surface area contributed by atoms with Crippen LogP contribution in [0.3, 0.4) is 0 Å². The number of carboxylic acid groups (broad SMARTS) is 1. The lowest BCUT2D eigenvalue weighted by atomic mass is 9.95. The van der Waals surface area contributed by atoms with Crippen LogP contribution >= 0.6 is 0 Å².